The summed E-state index contributed by atoms with van der Waals surface area (Å²) in [5, 5.41) is 21.4. The van der Waals surface area contributed by atoms with Gasteiger partial charge in [0.2, 0.25) is 17.6 Å². The Labute approximate surface area is 236 Å². The Hall–Kier alpha value is -3.60. The Balaban J connectivity index is 1.88. The van der Waals surface area contributed by atoms with Crippen molar-refractivity contribution in [1.29, 1.82) is 0 Å². The summed E-state index contributed by atoms with van der Waals surface area (Å²) >= 11 is 0. The van der Waals surface area contributed by atoms with Gasteiger partial charge in [0.25, 0.3) is 0 Å². The highest BCUT2D eigenvalue weighted by Crippen LogP contribution is 2.59. The number of aliphatic hydroxyl groups excluding tert-OH is 2. The van der Waals surface area contributed by atoms with E-state index < -0.39 is 72.3 Å². The van der Waals surface area contributed by atoms with Crippen LogP contribution in [0.25, 0.3) is 11.0 Å². The standard InChI is InChI=1S/C26H30F5N5O6/c1-11-18(13-4-5-14(27)19(28)21(13)40-3)22(42-25(11,2)26(29,30)31)23-33-15-8-16(34-17(39)6-7-32)35-24(20(15)36-23)41-10-12(38)9-37/h4-5,8,11-12,18,22,37-38H,6-7,9-10,32H2,1-3H3,(H,33,36)(H,34,35,39)/t11-,12+,18-,22+,25+/m0/s1. The number of carbonyl (C=O) groups is 1. The molecule has 16 heteroatoms. The minimum Gasteiger partial charge on any atom is -0.493 e. The summed E-state index contributed by atoms with van der Waals surface area (Å²) in [7, 11) is 1.07. The van der Waals surface area contributed by atoms with E-state index in [2.05, 4.69) is 20.3 Å². The molecule has 42 heavy (non-hydrogen) atoms. The smallest absolute Gasteiger partial charge is 0.417 e. The number of nitrogens with two attached hydrogens (primary N) is 1. The molecule has 6 N–H and O–H groups in total. The van der Waals surface area contributed by atoms with Gasteiger partial charge in [-0.15, -0.1) is 0 Å². The number of hydrogen-bond donors (Lipinski definition) is 5. The van der Waals surface area contributed by atoms with Crippen molar-refractivity contribution in [2.75, 3.05) is 32.2 Å². The van der Waals surface area contributed by atoms with Crippen LogP contribution in [0.5, 0.6) is 11.6 Å². The average molecular weight is 604 g/mol. The lowest BCUT2D eigenvalue weighted by molar-refractivity contribution is -0.275. The second-order valence-corrected chi connectivity index (χ2v) is 10.0. The molecule has 1 amide bonds. The summed E-state index contributed by atoms with van der Waals surface area (Å²) in [5.74, 6) is -6.63. The number of fused-ring (bicyclic) bond motifs is 1. The Morgan fingerprint density at radius 3 is 2.64 bits per heavy atom. The van der Waals surface area contributed by atoms with E-state index >= 15 is 0 Å². The molecule has 0 bridgehead atoms. The van der Waals surface area contributed by atoms with Crippen molar-refractivity contribution < 1.29 is 51.2 Å². The van der Waals surface area contributed by atoms with Gasteiger partial charge < -0.3 is 40.5 Å². The van der Waals surface area contributed by atoms with Crippen LogP contribution >= 0.6 is 0 Å². The zero-order chi connectivity index (χ0) is 31.0. The Kier molecular flexibility index (Phi) is 8.92. The van der Waals surface area contributed by atoms with Crippen LogP contribution in [0.4, 0.5) is 27.8 Å². The van der Waals surface area contributed by atoms with Crippen molar-refractivity contribution in [3.05, 3.63) is 41.2 Å². The first kappa shape index (κ1) is 31.3. The van der Waals surface area contributed by atoms with Crippen LogP contribution in [0.2, 0.25) is 0 Å². The van der Waals surface area contributed by atoms with Gasteiger partial charge in [0.15, 0.2) is 22.7 Å². The number of benzene rings is 1. The molecule has 3 aromatic rings. The van der Waals surface area contributed by atoms with E-state index in [0.717, 1.165) is 26.2 Å². The summed E-state index contributed by atoms with van der Waals surface area (Å²) in [4.78, 5) is 23.6. The maximum Gasteiger partial charge on any atom is 0.417 e. The highest BCUT2D eigenvalue weighted by molar-refractivity contribution is 5.92. The monoisotopic (exact) mass is 603 g/mol. The third kappa shape index (κ3) is 5.71. The fraction of sp³-hybridized carbons (Fsp3) is 0.500. The fourth-order valence-corrected chi connectivity index (χ4v) is 4.92. The van der Waals surface area contributed by atoms with Crippen molar-refractivity contribution in [3.63, 3.8) is 0 Å². The second-order valence-electron chi connectivity index (χ2n) is 10.0. The third-order valence-electron chi connectivity index (χ3n) is 7.30. The molecule has 0 aliphatic carbocycles. The molecule has 0 spiro atoms. The van der Waals surface area contributed by atoms with Gasteiger partial charge in [0.05, 0.1) is 19.2 Å². The molecule has 0 radical (unpaired) electrons. The number of halogens is 5. The highest BCUT2D eigenvalue weighted by Gasteiger charge is 2.65. The molecular weight excluding hydrogens is 573 g/mol. The molecule has 4 rings (SSSR count). The van der Waals surface area contributed by atoms with Crippen molar-refractivity contribution in [1.82, 2.24) is 15.0 Å². The van der Waals surface area contributed by atoms with Crippen LogP contribution in [-0.4, -0.2) is 75.8 Å². The number of ether oxygens (including phenoxy) is 3. The van der Waals surface area contributed by atoms with Gasteiger partial charge in [0, 0.05) is 36.4 Å². The number of rotatable bonds is 10. The van der Waals surface area contributed by atoms with Crippen molar-refractivity contribution in [2.45, 2.75) is 50.2 Å². The van der Waals surface area contributed by atoms with E-state index in [-0.39, 0.29) is 47.1 Å². The Bertz CT molecular complexity index is 1450. The lowest BCUT2D eigenvalue weighted by Crippen LogP contribution is -2.46. The van der Waals surface area contributed by atoms with Crippen LogP contribution in [-0.2, 0) is 9.53 Å². The van der Waals surface area contributed by atoms with Crippen LogP contribution in [0.15, 0.2) is 18.2 Å². The molecule has 11 nitrogen and oxygen atoms in total. The number of hydrogen-bond acceptors (Lipinski definition) is 9. The van der Waals surface area contributed by atoms with Gasteiger partial charge in [-0.1, -0.05) is 13.0 Å². The van der Waals surface area contributed by atoms with Crippen LogP contribution in [0.3, 0.4) is 0 Å². The van der Waals surface area contributed by atoms with E-state index in [1.165, 1.54) is 13.0 Å². The van der Waals surface area contributed by atoms with Gasteiger partial charge in [-0.25, -0.2) is 9.37 Å². The zero-order valence-electron chi connectivity index (χ0n) is 22.8. The molecule has 1 aromatic carbocycles. The van der Waals surface area contributed by atoms with Crippen LogP contribution in [0.1, 0.15) is 43.7 Å². The van der Waals surface area contributed by atoms with E-state index in [0.29, 0.717) is 0 Å². The number of H-pyrrole nitrogens is 1. The summed E-state index contributed by atoms with van der Waals surface area (Å²) < 4.78 is 88.1. The predicted octanol–water partition coefficient (Wildman–Crippen LogP) is 3.08. The molecular formula is C26H30F5N5O6. The number of nitrogens with one attached hydrogen (secondary N) is 2. The quantitative estimate of drug-likeness (QED) is 0.219. The topological polar surface area (TPSA) is 165 Å². The molecule has 3 heterocycles. The van der Waals surface area contributed by atoms with Crippen LogP contribution in [0, 0.1) is 17.6 Å². The predicted molar refractivity (Wildman–Crippen MR) is 138 cm³/mol. The number of pyridine rings is 1. The lowest BCUT2D eigenvalue weighted by Gasteiger charge is -2.32. The number of amides is 1. The number of methoxy groups -OCH3 is 1. The summed E-state index contributed by atoms with van der Waals surface area (Å²) in [6, 6.07) is 3.28. The number of imidazole rings is 1. The number of aromatic nitrogens is 3. The number of alkyl halides is 3. The number of aliphatic hydroxyl groups is 2. The second kappa shape index (κ2) is 11.9. The molecule has 1 aliphatic rings. The van der Waals surface area contributed by atoms with E-state index in [4.69, 9.17) is 25.1 Å². The molecule has 2 aromatic heterocycles. The van der Waals surface area contributed by atoms with Crippen molar-refractivity contribution in [2.24, 2.45) is 11.7 Å². The minimum atomic E-state index is -4.87. The molecule has 230 valence electrons. The molecule has 1 aliphatic heterocycles. The van der Waals surface area contributed by atoms with E-state index in [9.17, 15) is 31.9 Å². The van der Waals surface area contributed by atoms with Gasteiger partial charge in [-0.05, 0) is 13.0 Å². The van der Waals surface area contributed by atoms with Gasteiger partial charge in [-0.2, -0.15) is 22.5 Å². The Morgan fingerprint density at radius 1 is 1.31 bits per heavy atom. The number of aromatic amines is 1. The van der Waals surface area contributed by atoms with Crippen molar-refractivity contribution >= 4 is 22.8 Å². The SMILES string of the molecule is COc1c([C@H]2[C@H](c3nc4c(OC[C@H](O)CO)nc(NC(=O)CCN)cc4[nH]3)O[C@@](C)(C(F)(F)F)[C@H]2C)ccc(F)c1F. The molecule has 0 unspecified atom stereocenters. The summed E-state index contributed by atoms with van der Waals surface area (Å²) in [6.45, 7) is 1.12. The molecule has 1 saturated heterocycles. The van der Waals surface area contributed by atoms with Gasteiger partial charge in [-0.3, -0.25) is 4.79 Å². The van der Waals surface area contributed by atoms with E-state index in [1.54, 1.807) is 0 Å². The highest BCUT2D eigenvalue weighted by atomic mass is 19.4. The van der Waals surface area contributed by atoms with Gasteiger partial charge >= 0.3 is 6.18 Å². The number of nitrogens with zero attached hydrogens (tertiary/aromatic N) is 2. The number of carbonyl (C=O) groups excluding carboxylic acids is 1. The zero-order valence-corrected chi connectivity index (χ0v) is 22.8. The maximum atomic E-state index is 14.7. The summed E-state index contributed by atoms with van der Waals surface area (Å²) in [5.41, 5.74) is 2.77. The normalized spacial score (nSPS) is 23.3. The first-order valence-corrected chi connectivity index (χ1v) is 12.8. The van der Waals surface area contributed by atoms with Crippen LogP contribution < -0.4 is 20.5 Å². The molecule has 1 fully saturated rings. The maximum absolute atomic E-state index is 14.7. The molecule has 0 saturated carbocycles. The third-order valence-corrected chi connectivity index (χ3v) is 7.30. The lowest BCUT2D eigenvalue weighted by atomic mass is 9.77. The minimum absolute atomic E-state index is 0.000157. The first-order chi connectivity index (χ1) is 19.7. The summed E-state index contributed by atoms with van der Waals surface area (Å²) in [6.07, 6.45) is -7.68. The van der Waals surface area contributed by atoms with Crippen molar-refractivity contribution in [3.8, 4) is 11.6 Å². The first-order valence-electron chi connectivity index (χ1n) is 12.8. The fourth-order valence-electron chi connectivity index (χ4n) is 4.92. The molecule has 5 atom stereocenters. The Morgan fingerprint density at radius 2 is 2.02 bits per heavy atom. The largest absolute Gasteiger partial charge is 0.493 e. The average Bonchev–Trinajstić information content (AvgIpc) is 3.47. The van der Waals surface area contributed by atoms with E-state index in [1.807, 2.05) is 0 Å². The van der Waals surface area contributed by atoms with Gasteiger partial charge in [0.1, 0.15) is 30.5 Å². The number of anilines is 1.